The average molecular weight is 347 g/mol. The number of hydrogen-bond acceptors (Lipinski definition) is 4. The van der Waals surface area contributed by atoms with E-state index in [9.17, 15) is 13.2 Å². The molecule has 0 saturated carbocycles. The maximum atomic E-state index is 12.8. The summed E-state index contributed by atoms with van der Waals surface area (Å²) in [6, 6.07) is 6.26. The van der Waals surface area contributed by atoms with E-state index >= 15 is 0 Å². The number of hydrogen-bond donors (Lipinski definition) is 0. The molecule has 1 saturated heterocycles. The topological polar surface area (TPSA) is 72.3 Å². The Balaban J connectivity index is 1.83. The Labute approximate surface area is 142 Å². The van der Waals surface area contributed by atoms with Gasteiger partial charge in [-0.25, -0.2) is 8.42 Å². The molecular formula is C17H21N3O3S. The second-order valence-corrected chi connectivity index (χ2v) is 8.31. The third-order valence-electron chi connectivity index (χ3n) is 4.46. The largest absolute Gasteiger partial charge is 0.331 e. The number of aryl methyl sites for hydroxylation is 1. The van der Waals surface area contributed by atoms with Crippen molar-refractivity contribution in [2.75, 3.05) is 12.3 Å². The molecule has 3 rings (SSSR count). The third-order valence-corrected chi connectivity index (χ3v) is 6.21. The normalized spacial score (nSPS) is 18.1. The van der Waals surface area contributed by atoms with Crippen molar-refractivity contribution in [2.24, 2.45) is 7.05 Å². The number of likely N-dealkylation sites (tertiary alicyclic amines) is 1. The van der Waals surface area contributed by atoms with Crippen LogP contribution in [0.25, 0.3) is 0 Å². The quantitative estimate of drug-likeness (QED) is 0.850. The van der Waals surface area contributed by atoms with E-state index in [1.54, 1.807) is 29.9 Å². The van der Waals surface area contributed by atoms with Crippen LogP contribution >= 0.6 is 0 Å². The third kappa shape index (κ3) is 3.08. The van der Waals surface area contributed by atoms with Gasteiger partial charge in [0.2, 0.25) is 0 Å². The van der Waals surface area contributed by atoms with E-state index in [1.807, 2.05) is 18.1 Å². The van der Waals surface area contributed by atoms with Crippen LogP contribution in [0.2, 0.25) is 0 Å². The van der Waals surface area contributed by atoms with Crippen LogP contribution in [0.3, 0.4) is 0 Å². The maximum Gasteiger partial charge on any atom is 0.254 e. The van der Waals surface area contributed by atoms with Crippen molar-refractivity contribution in [3.05, 3.63) is 47.8 Å². The number of sulfone groups is 1. The average Bonchev–Trinajstić information content (AvgIpc) is 3.23. The highest BCUT2D eigenvalue weighted by atomic mass is 32.2. The van der Waals surface area contributed by atoms with E-state index in [2.05, 4.69) is 5.10 Å². The van der Waals surface area contributed by atoms with Crippen LogP contribution in [-0.4, -0.2) is 41.3 Å². The van der Waals surface area contributed by atoms with Crippen LogP contribution in [0.1, 0.15) is 41.7 Å². The fourth-order valence-electron chi connectivity index (χ4n) is 3.11. The van der Waals surface area contributed by atoms with Crippen molar-refractivity contribution in [1.29, 1.82) is 0 Å². The van der Waals surface area contributed by atoms with Gasteiger partial charge in [0.15, 0.2) is 9.84 Å². The lowest BCUT2D eigenvalue weighted by Gasteiger charge is -2.24. The zero-order valence-electron chi connectivity index (χ0n) is 13.8. The summed E-state index contributed by atoms with van der Waals surface area (Å²) in [4.78, 5) is 14.9. The molecule has 1 aromatic carbocycles. The Bertz CT molecular complexity index is 840. The fraction of sp³-hybridized carbons (Fsp3) is 0.412. The monoisotopic (exact) mass is 347 g/mol. The van der Waals surface area contributed by atoms with Crippen molar-refractivity contribution in [1.82, 2.24) is 14.7 Å². The molecule has 1 aliphatic rings. The lowest BCUT2D eigenvalue weighted by molar-refractivity contribution is 0.0735. The second-order valence-electron chi connectivity index (χ2n) is 6.03. The number of benzene rings is 1. The molecule has 1 amide bonds. The smallest absolute Gasteiger partial charge is 0.254 e. The first-order valence-corrected chi connectivity index (χ1v) is 9.70. The molecule has 2 heterocycles. The number of amides is 1. The molecule has 0 spiro atoms. The molecular weight excluding hydrogens is 326 g/mol. The summed E-state index contributed by atoms with van der Waals surface area (Å²) in [6.07, 6.45) is 5.60. The van der Waals surface area contributed by atoms with E-state index in [1.165, 1.54) is 12.1 Å². The lowest BCUT2D eigenvalue weighted by Crippen LogP contribution is -2.30. The van der Waals surface area contributed by atoms with Gasteiger partial charge >= 0.3 is 0 Å². The molecule has 1 aliphatic heterocycles. The Kier molecular flexibility index (Phi) is 4.45. The fourth-order valence-corrected chi connectivity index (χ4v) is 3.99. The molecule has 1 fully saturated rings. The molecule has 6 nitrogen and oxygen atoms in total. The molecule has 7 heteroatoms. The Morgan fingerprint density at radius 1 is 1.29 bits per heavy atom. The number of aromatic nitrogens is 2. The number of rotatable bonds is 4. The van der Waals surface area contributed by atoms with E-state index in [-0.39, 0.29) is 22.6 Å². The molecule has 24 heavy (non-hydrogen) atoms. The SMILES string of the molecule is CCS(=O)(=O)c1ccc(C(=O)N2CCC[C@H]2c2cnn(C)c2)cc1. The predicted octanol–water partition coefficient (Wildman–Crippen LogP) is 2.19. The van der Waals surface area contributed by atoms with E-state index in [0.717, 1.165) is 18.4 Å². The van der Waals surface area contributed by atoms with Crippen LogP contribution in [0, 0.1) is 0 Å². The van der Waals surface area contributed by atoms with Gasteiger partial charge in [-0.1, -0.05) is 6.92 Å². The van der Waals surface area contributed by atoms with E-state index < -0.39 is 9.84 Å². The first-order valence-electron chi connectivity index (χ1n) is 8.04. The van der Waals surface area contributed by atoms with Crippen molar-refractivity contribution < 1.29 is 13.2 Å². The van der Waals surface area contributed by atoms with Gasteiger partial charge in [0.25, 0.3) is 5.91 Å². The summed E-state index contributed by atoms with van der Waals surface area (Å²) in [5.41, 5.74) is 1.55. The number of nitrogens with zero attached hydrogens (tertiary/aromatic N) is 3. The van der Waals surface area contributed by atoms with Gasteiger partial charge < -0.3 is 4.90 Å². The van der Waals surface area contributed by atoms with Gasteiger partial charge in [-0.05, 0) is 37.1 Å². The van der Waals surface area contributed by atoms with Crippen molar-refractivity contribution in [2.45, 2.75) is 30.7 Å². The Hall–Kier alpha value is -2.15. The van der Waals surface area contributed by atoms with Gasteiger partial charge in [-0.3, -0.25) is 9.48 Å². The Morgan fingerprint density at radius 3 is 2.58 bits per heavy atom. The van der Waals surface area contributed by atoms with E-state index in [4.69, 9.17) is 0 Å². The number of carbonyl (C=O) groups is 1. The molecule has 0 radical (unpaired) electrons. The summed E-state index contributed by atoms with van der Waals surface area (Å²) in [5, 5.41) is 4.19. The van der Waals surface area contributed by atoms with Crippen LogP contribution in [-0.2, 0) is 16.9 Å². The molecule has 0 N–H and O–H groups in total. The summed E-state index contributed by atoms with van der Waals surface area (Å²) < 4.78 is 25.5. The molecule has 0 aliphatic carbocycles. The van der Waals surface area contributed by atoms with Gasteiger partial charge in [0.05, 0.1) is 22.9 Å². The van der Waals surface area contributed by atoms with Crippen LogP contribution < -0.4 is 0 Å². The highest BCUT2D eigenvalue weighted by Gasteiger charge is 2.31. The molecule has 2 aromatic rings. The second kappa shape index (κ2) is 6.39. The van der Waals surface area contributed by atoms with Crippen LogP contribution in [0.5, 0.6) is 0 Å². The highest BCUT2D eigenvalue weighted by Crippen LogP contribution is 2.32. The molecule has 0 bridgehead atoms. The minimum absolute atomic E-state index is 0.0326. The zero-order chi connectivity index (χ0) is 17.3. The summed E-state index contributed by atoms with van der Waals surface area (Å²) in [6.45, 7) is 2.31. The van der Waals surface area contributed by atoms with Crippen LogP contribution in [0.15, 0.2) is 41.6 Å². The highest BCUT2D eigenvalue weighted by molar-refractivity contribution is 7.91. The zero-order valence-corrected chi connectivity index (χ0v) is 14.7. The lowest BCUT2D eigenvalue weighted by atomic mass is 10.1. The maximum absolute atomic E-state index is 12.8. The van der Waals surface area contributed by atoms with Gasteiger partial charge in [-0.2, -0.15) is 5.10 Å². The van der Waals surface area contributed by atoms with Crippen molar-refractivity contribution in [3.63, 3.8) is 0 Å². The molecule has 0 unspecified atom stereocenters. The van der Waals surface area contributed by atoms with Gasteiger partial charge in [0.1, 0.15) is 0 Å². The van der Waals surface area contributed by atoms with Gasteiger partial charge in [-0.15, -0.1) is 0 Å². The first kappa shape index (κ1) is 16.7. The Morgan fingerprint density at radius 2 is 2.00 bits per heavy atom. The predicted molar refractivity (Wildman–Crippen MR) is 90.4 cm³/mol. The summed E-state index contributed by atoms with van der Waals surface area (Å²) in [5.74, 6) is -0.0167. The van der Waals surface area contributed by atoms with Crippen LogP contribution in [0.4, 0.5) is 0 Å². The first-order chi connectivity index (χ1) is 11.4. The van der Waals surface area contributed by atoms with Crippen molar-refractivity contribution in [3.8, 4) is 0 Å². The van der Waals surface area contributed by atoms with Gasteiger partial charge in [0, 0.05) is 30.9 Å². The minimum atomic E-state index is -3.25. The number of carbonyl (C=O) groups excluding carboxylic acids is 1. The summed E-state index contributed by atoms with van der Waals surface area (Å²) >= 11 is 0. The molecule has 128 valence electrons. The summed E-state index contributed by atoms with van der Waals surface area (Å²) in [7, 11) is -1.39. The molecule has 1 atom stereocenters. The standard InChI is InChI=1S/C17H21N3O3S/c1-3-24(22,23)15-8-6-13(7-9-15)17(21)20-10-4-5-16(20)14-11-18-19(2)12-14/h6-9,11-12,16H,3-5,10H2,1-2H3/t16-/m0/s1. The molecule has 1 aromatic heterocycles. The van der Waals surface area contributed by atoms with E-state index in [0.29, 0.717) is 12.1 Å². The minimum Gasteiger partial charge on any atom is -0.331 e. The van der Waals surface area contributed by atoms with Crippen molar-refractivity contribution >= 4 is 15.7 Å².